The number of likely N-dealkylation sites (N-methyl/N-ethyl adjacent to an activating group) is 1. The fourth-order valence-corrected chi connectivity index (χ4v) is 2.83. The van der Waals surface area contributed by atoms with Crippen LogP contribution in [0.2, 0.25) is 0 Å². The Labute approximate surface area is 129 Å². The molecule has 1 aliphatic rings. The van der Waals surface area contributed by atoms with Gasteiger partial charge in [-0.25, -0.2) is 0 Å². The highest BCUT2D eigenvalue weighted by Gasteiger charge is 2.33. The van der Waals surface area contributed by atoms with Gasteiger partial charge in [0.15, 0.2) is 0 Å². The predicted octanol–water partition coefficient (Wildman–Crippen LogP) is 2.62. The minimum Gasteiger partial charge on any atom is -0.389 e. The Balaban J connectivity index is 1.83. The number of hydrogen-bond donors (Lipinski definition) is 1. The van der Waals surface area contributed by atoms with Crippen molar-refractivity contribution in [3.8, 4) is 0 Å². The molecule has 1 aliphatic carbocycles. The Bertz CT molecular complexity index is 726. The molecule has 0 saturated carbocycles. The molecule has 0 aromatic heterocycles. The van der Waals surface area contributed by atoms with Crippen LogP contribution < -0.4 is 10.6 Å². The van der Waals surface area contributed by atoms with Gasteiger partial charge in [0.25, 0.3) is 0 Å². The summed E-state index contributed by atoms with van der Waals surface area (Å²) in [4.78, 5) is 14.7. The first kappa shape index (κ1) is 13.8. The molecule has 21 heavy (non-hydrogen) atoms. The summed E-state index contributed by atoms with van der Waals surface area (Å²) in [6, 6.07) is 15.5. The van der Waals surface area contributed by atoms with E-state index in [9.17, 15) is 4.79 Å². The zero-order chi connectivity index (χ0) is 15.0. The molecule has 1 unspecified atom stereocenters. The van der Waals surface area contributed by atoms with Gasteiger partial charge in [0.2, 0.25) is 5.91 Å². The third-order valence-electron chi connectivity index (χ3n) is 4.00. The Kier molecular flexibility index (Phi) is 3.47. The molecule has 0 aliphatic heterocycles. The molecular formula is C17H16N2OS. The fourth-order valence-electron chi connectivity index (χ4n) is 2.71. The van der Waals surface area contributed by atoms with E-state index < -0.39 is 0 Å². The molecule has 3 nitrogen and oxygen atoms in total. The molecule has 0 bridgehead atoms. The SMILES string of the molecule is CN(C(=O)C1Cc2ccccc21)c1cccc(C(N)=S)c1. The van der Waals surface area contributed by atoms with Crippen molar-refractivity contribution >= 4 is 28.8 Å². The number of anilines is 1. The lowest BCUT2D eigenvalue weighted by Gasteiger charge is -2.32. The van der Waals surface area contributed by atoms with Crippen molar-refractivity contribution in [3.05, 3.63) is 65.2 Å². The van der Waals surface area contributed by atoms with Crippen LogP contribution >= 0.6 is 12.2 Å². The van der Waals surface area contributed by atoms with Crippen molar-refractivity contribution < 1.29 is 4.79 Å². The monoisotopic (exact) mass is 296 g/mol. The Morgan fingerprint density at radius 1 is 1.24 bits per heavy atom. The molecular weight excluding hydrogens is 280 g/mol. The lowest BCUT2D eigenvalue weighted by Crippen LogP contribution is -2.37. The Morgan fingerprint density at radius 2 is 2.00 bits per heavy atom. The molecule has 0 saturated heterocycles. The molecule has 3 rings (SSSR count). The van der Waals surface area contributed by atoms with E-state index in [2.05, 4.69) is 6.07 Å². The number of amides is 1. The average Bonchev–Trinajstić information content (AvgIpc) is 2.47. The number of nitrogens with two attached hydrogens (primary N) is 1. The van der Waals surface area contributed by atoms with Crippen LogP contribution in [0, 0.1) is 0 Å². The second kappa shape index (κ2) is 5.30. The number of nitrogens with zero attached hydrogens (tertiary/aromatic N) is 1. The number of carbonyl (C=O) groups excluding carboxylic acids is 1. The van der Waals surface area contributed by atoms with Crippen molar-refractivity contribution in [2.45, 2.75) is 12.3 Å². The van der Waals surface area contributed by atoms with Crippen LogP contribution in [0.25, 0.3) is 0 Å². The van der Waals surface area contributed by atoms with Crippen LogP contribution in [0.3, 0.4) is 0 Å². The highest BCUT2D eigenvalue weighted by molar-refractivity contribution is 7.80. The van der Waals surface area contributed by atoms with E-state index in [0.29, 0.717) is 4.99 Å². The van der Waals surface area contributed by atoms with Gasteiger partial charge in [-0.05, 0) is 29.7 Å². The van der Waals surface area contributed by atoms with E-state index in [-0.39, 0.29) is 11.8 Å². The standard InChI is InChI=1S/C17H16N2OS/c1-19(13-7-4-6-12(9-13)16(18)21)17(20)15-10-11-5-2-3-8-14(11)15/h2-9,15H,10H2,1H3,(H2,18,21). The highest BCUT2D eigenvalue weighted by atomic mass is 32.1. The second-order valence-corrected chi connectivity index (χ2v) is 5.71. The zero-order valence-corrected chi connectivity index (χ0v) is 12.6. The molecule has 0 spiro atoms. The van der Waals surface area contributed by atoms with Gasteiger partial charge in [-0.1, -0.05) is 48.6 Å². The first-order valence-electron chi connectivity index (χ1n) is 6.83. The molecule has 106 valence electrons. The topological polar surface area (TPSA) is 46.3 Å². The fraction of sp³-hybridized carbons (Fsp3) is 0.176. The Morgan fingerprint density at radius 3 is 2.71 bits per heavy atom. The molecule has 1 amide bonds. The van der Waals surface area contributed by atoms with E-state index in [1.807, 2.05) is 42.5 Å². The number of rotatable bonds is 3. The van der Waals surface area contributed by atoms with Crippen molar-refractivity contribution in [1.82, 2.24) is 0 Å². The van der Waals surface area contributed by atoms with Crippen LogP contribution in [0.5, 0.6) is 0 Å². The molecule has 0 heterocycles. The summed E-state index contributed by atoms with van der Waals surface area (Å²) in [7, 11) is 1.79. The predicted molar refractivity (Wildman–Crippen MR) is 88.6 cm³/mol. The Hall–Kier alpha value is -2.20. The number of hydrogen-bond acceptors (Lipinski definition) is 2. The summed E-state index contributed by atoms with van der Waals surface area (Å²) < 4.78 is 0. The molecule has 2 N–H and O–H groups in total. The number of fused-ring (bicyclic) bond motifs is 1. The maximum atomic E-state index is 12.6. The van der Waals surface area contributed by atoms with Crippen molar-refractivity contribution in [3.63, 3.8) is 0 Å². The van der Waals surface area contributed by atoms with E-state index in [4.69, 9.17) is 18.0 Å². The van der Waals surface area contributed by atoms with Gasteiger partial charge in [-0.2, -0.15) is 0 Å². The first-order valence-corrected chi connectivity index (χ1v) is 7.24. The van der Waals surface area contributed by atoms with Gasteiger partial charge < -0.3 is 10.6 Å². The lowest BCUT2D eigenvalue weighted by molar-refractivity contribution is -0.120. The van der Waals surface area contributed by atoms with Gasteiger partial charge in [0.05, 0.1) is 5.92 Å². The third kappa shape index (κ3) is 2.43. The highest BCUT2D eigenvalue weighted by Crippen LogP contribution is 2.36. The lowest BCUT2D eigenvalue weighted by atomic mass is 9.77. The van der Waals surface area contributed by atoms with Crippen molar-refractivity contribution in [1.29, 1.82) is 0 Å². The summed E-state index contributed by atoms with van der Waals surface area (Å²) in [5.74, 6) is 0.0634. The molecule has 0 fully saturated rings. The zero-order valence-electron chi connectivity index (χ0n) is 11.7. The van der Waals surface area contributed by atoms with Crippen LogP contribution in [0.15, 0.2) is 48.5 Å². The van der Waals surface area contributed by atoms with Crippen LogP contribution in [0.4, 0.5) is 5.69 Å². The molecule has 2 aromatic carbocycles. The van der Waals surface area contributed by atoms with Gasteiger partial charge in [0.1, 0.15) is 4.99 Å². The molecule has 4 heteroatoms. The normalized spacial score (nSPS) is 15.8. The molecule has 2 aromatic rings. The van der Waals surface area contributed by atoms with E-state index in [1.165, 1.54) is 5.56 Å². The summed E-state index contributed by atoms with van der Waals surface area (Å²) in [5, 5.41) is 0. The molecule has 1 atom stereocenters. The van der Waals surface area contributed by atoms with E-state index in [0.717, 1.165) is 23.2 Å². The number of benzene rings is 2. The summed E-state index contributed by atoms with van der Waals surface area (Å²) in [6.07, 6.45) is 0.814. The van der Waals surface area contributed by atoms with Crippen LogP contribution in [0.1, 0.15) is 22.6 Å². The maximum Gasteiger partial charge on any atom is 0.234 e. The quantitative estimate of drug-likeness (QED) is 0.886. The van der Waals surface area contributed by atoms with Gasteiger partial charge in [-0.15, -0.1) is 0 Å². The van der Waals surface area contributed by atoms with Crippen LogP contribution in [-0.2, 0) is 11.2 Å². The van der Waals surface area contributed by atoms with Crippen LogP contribution in [-0.4, -0.2) is 17.9 Å². The van der Waals surface area contributed by atoms with Crippen molar-refractivity contribution in [2.24, 2.45) is 5.73 Å². The van der Waals surface area contributed by atoms with E-state index >= 15 is 0 Å². The summed E-state index contributed by atoms with van der Waals surface area (Å²) in [5.41, 5.74) is 9.64. The van der Waals surface area contributed by atoms with E-state index in [1.54, 1.807) is 11.9 Å². The summed E-state index contributed by atoms with van der Waals surface area (Å²) >= 11 is 4.99. The average molecular weight is 296 g/mol. The first-order chi connectivity index (χ1) is 10.1. The minimum atomic E-state index is -0.0420. The minimum absolute atomic E-state index is 0.0420. The largest absolute Gasteiger partial charge is 0.389 e. The van der Waals surface area contributed by atoms with Gasteiger partial charge in [-0.3, -0.25) is 4.79 Å². The number of carbonyl (C=O) groups is 1. The summed E-state index contributed by atoms with van der Waals surface area (Å²) in [6.45, 7) is 0. The van der Waals surface area contributed by atoms with Crippen molar-refractivity contribution in [2.75, 3.05) is 11.9 Å². The smallest absolute Gasteiger partial charge is 0.234 e. The van der Waals surface area contributed by atoms with Gasteiger partial charge in [0, 0.05) is 18.3 Å². The maximum absolute atomic E-state index is 12.6. The second-order valence-electron chi connectivity index (χ2n) is 5.27. The third-order valence-corrected chi connectivity index (χ3v) is 4.24. The van der Waals surface area contributed by atoms with Gasteiger partial charge >= 0.3 is 0 Å². The molecule has 0 radical (unpaired) electrons. The number of thiocarbonyl (C=S) groups is 1.